The van der Waals surface area contributed by atoms with Crippen molar-refractivity contribution in [3.63, 3.8) is 0 Å². The minimum Gasteiger partial charge on any atom is -0.345 e. The molecule has 0 radical (unpaired) electrons. The van der Waals surface area contributed by atoms with Gasteiger partial charge in [0.1, 0.15) is 7.36 Å². The predicted octanol–water partition coefficient (Wildman–Crippen LogP) is 3.95. The minimum atomic E-state index is -2.12. The molecule has 1 aliphatic heterocycles. The Morgan fingerprint density at radius 2 is 1.39 bits per heavy atom. The molecule has 158 valence electrons. The highest BCUT2D eigenvalue weighted by Crippen LogP contribution is 2.55. The zero-order valence-electron chi connectivity index (χ0n) is 18.3. The average molecular weight is 424 g/mol. The molecule has 1 aromatic carbocycles. The summed E-state index contributed by atoms with van der Waals surface area (Å²) in [5.74, 6) is 0. The van der Waals surface area contributed by atoms with Crippen LogP contribution in [0.2, 0.25) is 0 Å². The second kappa shape index (κ2) is 11.4. The zero-order chi connectivity index (χ0) is 20.6. The maximum Gasteiger partial charge on any atom is 0.196 e. The molecule has 1 aliphatic rings. The highest BCUT2D eigenvalue weighted by molar-refractivity contribution is 7.81. The van der Waals surface area contributed by atoms with E-state index in [0.29, 0.717) is 0 Å². The summed E-state index contributed by atoms with van der Waals surface area (Å²) >= 11 is 5.94. The van der Waals surface area contributed by atoms with Crippen LogP contribution in [-0.4, -0.2) is 83.2 Å². The number of piperazine rings is 1. The molecule has 0 saturated carbocycles. The third-order valence-electron chi connectivity index (χ3n) is 5.67. The minimum absolute atomic E-state index is 0.784. The van der Waals surface area contributed by atoms with Crippen molar-refractivity contribution in [1.82, 2.24) is 19.1 Å². The Bertz CT molecular complexity index is 634. The average Bonchev–Trinajstić information content (AvgIpc) is 2.75. The summed E-state index contributed by atoms with van der Waals surface area (Å²) in [6.45, 7) is 20.2. The van der Waals surface area contributed by atoms with Gasteiger partial charge in [0.05, 0.1) is 0 Å². The molecule has 1 heterocycles. The number of hydrogen-bond acceptors (Lipinski definition) is 2. The molecule has 0 atom stereocenters. The van der Waals surface area contributed by atoms with Crippen molar-refractivity contribution in [3.8, 4) is 0 Å². The fourth-order valence-corrected chi connectivity index (χ4v) is 8.41. The quantitative estimate of drug-likeness (QED) is 0.466. The molecule has 1 saturated heterocycles. The van der Waals surface area contributed by atoms with Crippen LogP contribution in [-0.2, 0) is 0 Å². The van der Waals surface area contributed by atoms with Gasteiger partial charge in [-0.1, -0.05) is 65.0 Å². The molecule has 0 aliphatic carbocycles. The lowest BCUT2D eigenvalue weighted by Gasteiger charge is -2.44. The molecule has 1 aromatic rings. The molecule has 2 rings (SSSR count). The van der Waals surface area contributed by atoms with Crippen LogP contribution in [0.4, 0.5) is 0 Å². The van der Waals surface area contributed by atoms with Crippen molar-refractivity contribution < 1.29 is 0 Å². The summed E-state index contributed by atoms with van der Waals surface area (Å²) in [6, 6.07) is 10.8. The third-order valence-corrected chi connectivity index (χ3v) is 10.3. The molecule has 0 amide bonds. The van der Waals surface area contributed by atoms with Crippen molar-refractivity contribution in [2.75, 3.05) is 58.9 Å². The van der Waals surface area contributed by atoms with Gasteiger partial charge in [-0.05, 0) is 18.8 Å². The lowest BCUT2D eigenvalue weighted by Crippen LogP contribution is -2.48. The van der Waals surface area contributed by atoms with Crippen molar-refractivity contribution in [1.29, 1.82) is 0 Å². The highest BCUT2D eigenvalue weighted by Gasteiger charge is 2.35. The van der Waals surface area contributed by atoms with E-state index in [2.05, 4.69) is 84.1 Å². The molecule has 1 fully saturated rings. The summed E-state index contributed by atoms with van der Waals surface area (Å²) in [5, 5.41) is 2.09. The van der Waals surface area contributed by atoms with Crippen LogP contribution in [0.1, 0.15) is 34.6 Å². The van der Waals surface area contributed by atoms with Crippen LogP contribution >= 0.6 is 19.6 Å². The van der Waals surface area contributed by atoms with Crippen molar-refractivity contribution in [3.05, 3.63) is 30.3 Å². The third kappa shape index (κ3) is 5.03. The summed E-state index contributed by atoms with van der Waals surface area (Å²) < 4.78 is 10.5. The summed E-state index contributed by atoms with van der Waals surface area (Å²) in [5.41, 5.74) is 0. The smallest absolute Gasteiger partial charge is 0.196 e. The Hall–Kier alpha value is -0.780. The predicted molar refractivity (Wildman–Crippen MR) is 128 cm³/mol. The topological polar surface area (TPSA) is 25.3 Å². The lowest BCUT2D eigenvalue weighted by molar-refractivity contribution is 0.191. The number of likely N-dealkylation sites (N-methyl/N-ethyl adjacent to an activating group) is 1. The molecule has 5 nitrogen and oxygen atoms in total. The van der Waals surface area contributed by atoms with Crippen LogP contribution in [0.5, 0.6) is 0 Å². The van der Waals surface area contributed by atoms with E-state index >= 15 is 0 Å². The van der Waals surface area contributed by atoms with Crippen LogP contribution < -0.4 is 5.30 Å². The molecule has 0 unspecified atom stereocenters. The molecule has 0 aromatic heterocycles. The second-order valence-electron chi connectivity index (χ2n) is 6.99. The normalized spacial score (nSPS) is 16.0. The Kier molecular flexibility index (Phi) is 9.58. The van der Waals surface area contributed by atoms with Crippen LogP contribution in [0.15, 0.2) is 35.1 Å². The number of benzene rings is 1. The standard InChI is InChI=1S/C21H38N5PS/c1-6-23-16-18-24(19-17-23)21(28)22-27(25(7-2)8-3,26(9-4)10-5)20-14-12-11-13-15-20/h11-15H,6-10,16-19H2,1-5H3. The summed E-state index contributed by atoms with van der Waals surface area (Å²) in [7, 11) is -2.12. The van der Waals surface area contributed by atoms with Gasteiger partial charge in [0.25, 0.3) is 0 Å². The van der Waals surface area contributed by atoms with Gasteiger partial charge in [-0.25, -0.2) is 4.74 Å². The van der Waals surface area contributed by atoms with Gasteiger partial charge in [-0.2, -0.15) is 0 Å². The number of rotatable bonds is 8. The summed E-state index contributed by atoms with van der Waals surface area (Å²) in [4.78, 5) is 4.79. The Balaban J connectivity index is 2.55. The van der Waals surface area contributed by atoms with Gasteiger partial charge in [-0.3, -0.25) is 9.34 Å². The maximum atomic E-state index is 5.94. The molecular weight excluding hydrogens is 385 g/mol. The van der Waals surface area contributed by atoms with Gasteiger partial charge < -0.3 is 9.80 Å². The van der Waals surface area contributed by atoms with Crippen LogP contribution in [0.3, 0.4) is 0 Å². The number of thiocarbonyl (C=S) groups is 1. The first-order valence-corrected chi connectivity index (χ1v) is 12.8. The van der Waals surface area contributed by atoms with Crippen molar-refractivity contribution >= 4 is 30.0 Å². The van der Waals surface area contributed by atoms with Gasteiger partial charge in [0, 0.05) is 57.7 Å². The van der Waals surface area contributed by atoms with E-state index in [0.717, 1.165) is 64.0 Å². The van der Waals surface area contributed by atoms with E-state index in [4.69, 9.17) is 17.0 Å². The molecule has 28 heavy (non-hydrogen) atoms. The fourth-order valence-electron chi connectivity index (χ4n) is 3.99. The first kappa shape index (κ1) is 23.5. The lowest BCUT2D eigenvalue weighted by atomic mass is 10.3. The van der Waals surface area contributed by atoms with Gasteiger partial charge in [0.15, 0.2) is 5.11 Å². The van der Waals surface area contributed by atoms with Gasteiger partial charge in [0.2, 0.25) is 0 Å². The molecule has 0 bridgehead atoms. The van der Waals surface area contributed by atoms with E-state index in [1.54, 1.807) is 0 Å². The zero-order valence-corrected chi connectivity index (χ0v) is 20.1. The van der Waals surface area contributed by atoms with E-state index in [1.807, 2.05) is 0 Å². The Morgan fingerprint density at radius 1 is 0.893 bits per heavy atom. The Morgan fingerprint density at radius 3 is 1.82 bits per heavy atom. The fraction of sp³-hybridized carbons (Fsp3) is 0.667. The monoisotopic (exact) mass is 423 g/mol. The Labute approximate surface area is 177 Å². The van der Waals surface area contributed by atoms with E-state index in [1.165, 1.54) is 5.30 Å². The molecule has 0 spiro atoms. The summed E-state index contributed by atoms with van der Waals surface area (Å²) in [6.07, 6.45) is 0. The van der Waals surface area contributed by atoms with Gasteiger partial charge in [-0.15, -0.1) is 0 Å². The SMILES string of the molecule is CCN1CCN(C(=S)N=P(c2ccccc2)(N(CC)CC)N(CC)CC)CC1. The van der Waals surface area contributed by atoms with Crippen molar-refractivity contribution in [2.45, 2.75) is 34.6 Å². The first-order valence-electron chi connectivity index (χ1n) is 10.8. The number of hydrogen-bond donors (Lipinski definition) is 0. The highest BCUT2D eigenvalue weighted by atomic mass is 32.1. The number of nitrogens with zero attached hydrogens (tertiary/aromatic N) is 5. The first-order chi connectivity index (χ1) is 13.6. The van der Waals surface area contributed by atoms with E-state index in [9.17, 15) is 0 Å². The van der Waals surface area contributed by atoms with Crippen molar-refractivity contribution in [2.24, 2.45) is 4.74 Å². The van der Waals surface area contributed by atoms with E-state index < -0.39 is 7.36 Å². The van der Waals surface area contributed by atoms with E-state index in [-0.39, 0.29) is 0 Å². The maximum absolute atomic E-state index is 5.94. The molecular formula is C21H38N5PS. The van der Waals surface area contributed by atoms with Crippen LogP contribution in [0.25, 0.3) is 0 Å². The van der Waals surface area contributed by atoms with Crippen LogP contribution in [0, 0.1) is 0 Å². The molecule has 0 N–H and O–H groups in total. The molecule has 7 heteroatoms. The largest absolute Gasteiger partial charge is 0.345 e. The van der Waals surface area contributed by atoms with Gasteiger partial charge >= 0.3 is 0 Å². The second-order valence-corrected chi connectivity index (χ2v) is 10.3.